The molecule has 2 aromatic rings. The van der Waals surface area contributed by atoms with E-state index < -0.39 is 0 Å². The third kappa shape index (κ3) is 5.35. The van der Waals surface area contributed by atoms with Crippen LogP contribution in [-0.2, 0) is 16.0 Å². The second kappa shape index (κ2) is 9.40. The van der Waals surface area contributed by atoms with Gasteiger partial charge >= 0.3 is 0 Å². The quantitative estimate of drug-likeness (QED) is 0.835. The Kier molecular flexibility index (Phi) is 6.69. The fraction of sp³-hybridized carbons (Fsp3) is 0.391. The van der Waals surface area contributed by atoms with Gasteiger partial charge in [-0.25, -0.2) is 0 Å². The van der Waals surface area contributed by atoms with E-state index in [0.29, 0.717) is 19.5 Å². The van der Waals surface area contributed by atoms with Gasteiger partial charge in [-0.05, 0) is 49.1 Å². The van der Waals surface area contributed by atoms with Gasteiger partial charge in [0.1, 0.15) is 0 Å². The zero-order chi connectivity index (χ0) is 19.9. The number of hydrogen-bond donors (Lipinski definition) is 1. The van der Waals surface area contributed by atoms with E-state index in [-0.39, 0.29) is 17.7 Å². The normalized spacial score (nSPS) is 14.6. The molecule has 1 aliphatic heterocycles. The summed E-state index contributed by atoms with van der Waals surface area (Å²) in [6.45, 7) is 1.32. The maximum Gasteiger partial charge on any atom is 0.227 e. The van der Waals surface area contributed by atoms with Gasteiger partial charge in [-0.3, -0.25) is 9.59 Å². The molecule has 0 unspecified atom stereocenters. The van der Waals surface area contributed by atoms with Crippen molar-refractivity contribution < 1.29 is 9.59 Å². The lowest BCUT2D eigenvalue weighted by molar-refractivity contribution is -0.134. The van der Waals surface area contributed by atoms with E-state index in [0.717, 1.165) is 30.6 Å². The molecule has 2 aromatic carbocycles. The molecule has 148 valence electrons. The number of carbonyl (C=O) groups is 2. The van der Waals surface area contributed by atoms with Gasteiger partial charge in [0.05, 0.1) is 0 Å². The van der Waals surface area contributed by atoms with E-state index in [9.17, 15) is 9.59 Å². The van der Waals surface area contributed by atoms with Crippen LogP contribution >= 0.6 is 0 Å². The second-order valence-electron chi connectivity index (χ2n) is 7.57. The molecule has 0 aliphatic carbocycles. The van der Waals surface area contributed by atoms with Crippen molar-refractivity contribution in [3.05, 3.63) is 60.2 Å². The molecule has 1 aliphatic rings. The number of amides is 2. The molecule has 1 heterocycles. The molecule has 0 atom stereocenters. The van der Waals surface area contributed by atoms with E-state index in [1.165, 1.54) is 5.56 Å². The van der Waals surface area contributed by atoms with E-state index in [1.54, 1.807) is 0 Å². The average molecular weight is 380 g/mol. The first-order valence-corrected chi connectivity index (χ1v) is 9.93. The number of benzene rings is 2. The average Bonchev–Trinajstić information content (AvgIpc) is 2.73. The molecule has 0 saturated carbocycles. The minimum Gasteiger partial charge on any atom is -0.378 e. The fourth-order valence-corrected chi connectivity index (χ4v) is 3.53. The van der Waals surface area contributed by atoms with E-state index >= 15 is 0 Å². The summed E-state index contributed by atoms with van der Waals surface area (Å²) in [7, 11) is 3.98. The summed E-state index contributed by atoms with van der Waals surface area (Å²) in [4.78, 5) is 28.9. The highest BCUT2D eigenvalue weighted by Crippen LogP contribution is 2.22. The SMILES string of the molecule is CN(C)c1ccc(NC(=O)C2CCN(C(=O)CCc3ccccc3)CC2)cc1. The summed E-state index contributed by atoms with van der Waals surface area (Å²) in [6.07, 6.45) is 2.74. The zero-order valence-corrected chi connectivity index (χ0v) is 16.7. The first-order valence-electron chi connectivity index (χ1n) is 9.93. The van der Waals surface area contributed by atoms with Gasteiger partial charge in [-0.15, -0.1) is 0 Å². The summed E-state index contributed by atoms with van der Waals surface area (Å²) < 4.78 is 0. The lowest BCUT2D eigenvalue weighted by Crippen LogP contribution is -2.41. The maximum atomic E-state index is 12.5. The van der Waals surface area contributed by atoms with E-state index in [2.05, 4.69) is 17.4 Å². The number of carbonyl (C=O) groups excluding carboxylic acids is 2. The Balaban J connectivity index is 1.43. The number of likely N-dealkylation sites (tertiary alicyclic amines) is 1. The summed E-state index contributed by atoms with van der Waals surface area (Å²) in [5.41, 5.74) is 3.10. The molecule has 1 saturated heterocycles. The Labute approximate surface area is 167 Å². The van der Waals surface area contributed by atoms with Crippen molar-refractivity contribution in [1.29, 1.82) is 0 Å². The molecule has 1 N–H and O–H groups in total. The van der Waals surface area contributed by atoms with Crippen molar-refractivity contribution in [2.75, 3.05) is 37.4 Å². The van der Waals surface area contributed by atoms with Crippen LogP contribution in [0.5, 0.6) is 0 Å². The molecule has 5 nitrogen and oxygen atoms in total. The van der Waals surface area contributed by atoms with Crippen LogP contribution in [-0.4, -0.2) is 43.9 Å². The minimum absolute atomic E-state index is 0.0355. The Bertz CT molecular complexity index is 779. The predicted molar refractivity (Wildman–Crippen MR) is 113 cm³/mol. The highest BCUT2D eigenvalue weighted by Gasteiger charge is 2.27. The zero-order valence-electron chi connectivity index (χ0n) is 16.7. The van der Waals surface area contributed by atoms with Gasteiger partial charge in [0, 0.05) is 50.9 Å². The maximum absolute atomic E-state index is 12.5. The molecule has 28 heavy (non-hydrogen) atoms. The van der Waals surface area contributed by atoms with Crippen molar-refractivity contribution >= 4 is 23.2 Å². The summed E-state index contributed by atoms with van der Waals surface area (Å²) in [5, 5.41) is 3.01. The number of piperidine rings is 1. The molecular weight excluding hydrogens is 350 g/mol. The van der Waals surface area contributed by atoms with Crippen LogP contribution in [0.25, 0.3) is 0 Å². The van der Waals surface area contributed by atoms with Gasteiger partial charge in [0.2, 0.25) is 11.8 Å². The third-order valence-electron chi connectivity index (χ3n) is 5.34. The third-order valence-corrected chi connectivity index (χ3v) is 5.34. The molecule has 0 radical (unpaired) electrons. The topological polar surface area (TPSA) is 52.7 Å². The number of hydrogen-bond acceptors (Lipinski definition) is 3. The Hall–Kier alpha value is -2.82. The first-order chi connectivity index (χ1) is 13.5. The van der Waals surface area contributed by atoms with Gasteiger partial charge in [-0.2, -0.15) is 0 Å². The van der Waals surface area contributed by atoms with Crippen LogP contribution < -0.4 is 10.2 Å². The number of aryl methyl sites for hydroxylation is 1. The van der Waals surface area contributed by atoms with Crippen LogP contribution in [0.1, 0.15) is 24.8 Å². The number of rotatable bonds is 6. The van der Waals surface area contributed by atoms with E-state index in [1.807, 2.05) is 66.4 Å². The molecule has 3 rings (SSSR count). The van der Waals surface area contributed by atoms with Crippen LogP contribution in [0.2, 0.25) is 0 Å². The van der Waals surface area contributed by atoms with Crippen LogP contribution in [0.4, 0.5) is 11.4 Å². The Morgan fingerprint density at radius 3 is 2.25 bits per heavy atom. The molecule has 2 amide bonds. The first kappa shape index (κ1) is 19.9. The van der Waals surface area contributed by atoms with Crippen molar-refractivity contribution in [2.45, 2.75) is 25.7 Å². The highest BCUT2D eigenvalue weighted by atomic mass is 16.2. The van der Waals surface area contributed by atoms with Crippen LogP contribution in [0.15, 0.2) is 54.6 Å². The summed E-state index contributed by atoms with van der Waals surface area (Å²) in [6, 6.07) is 17.9. The smallest absolute Gasteiger partial charge is 0.227 e. The molecule has 0 spiro atoms. The second-order valence-corrected chi connectivity index (χ2v) is 7.57. The molecule has 1 fully saturated rings. The molecule has 5 heteroatoms. The summed E-state index contributed by atoms with van der Waals surface area (Å²) >= 11 is 0. The minimum atomic E-state index is -0.0355. The van der Waals surface area contributed by atoms with Crippen molar-refractivity contribution in [3.63, 3.8) is 0 Å². The molecule has 0 bridgehead atoms. The summed E-state index contributed by atoms with van der Waals surface area (Å²) in [5.74, 6) is 0.197. The highest BCUT2D eigenvalue weighted by molar-refractivity contribution is 5.93. The van der Waals surface area contributed by atoms with Gasteiger partial charge < -0.3 is 15.1 Å². The standard InChI is InChI=1S/C23H29N3O2/c1-25(2)21-11-9-20(10-12-21)24-23(28)19-14-16-26(17-15-19)22(27)13-8-18-6-4-3-5-7-18/h3-7,9-12,19H,8,13-17H2,1-2H3,(H,24,28). The predicted octanol–water partition coefficient (Wildman–Crippen LogP) is 3.56. The monoisotopic (exact) mass is 379 g/mol. The van der Waals surface area contributed by atoms with Crippen molar-refractivity contribution in [1.82, 2.24) is 4.90 Å². The molecular formula is C23H29N3O2. The van der Waals surface area contributed by atoms with Crippen molar-refractivity contribution in [3.8, 4) is 0 Å². The number of nitrogens with one attached hydrogen (secondary N) is 1. The van der Waals surface area contributed by atoms with Gasteiger partial charge in [0.15, 0.2) is 0 Å². The largest absolute Gasteiger partial charge is 0.378 e. The fourth-order valence-electron chi connectivity index (χ4n) is 3.53. The number of nitrogens with zero attached hydrogens (tertiary/aromatic N) is 2. The van der Waals surface area contributed by atoms with Crippen LogP contribution in [0, 0.1) is 5.92 Å². The van der Waals surface area contributed by atoms with Crippen LogP contribution in [0.3, 0.4) is 0 Å². The lowest BCUT2D eigenvalue weighted by atomic mass is 9.95. The van der Waals surface area contributed by atoms with E-state index in [4.69, 9.17) is 0 Å². The Morgan fingerprint density at radius 1 is 1.00 bits per heavy atom. The van der Waals surface area contributed by atoms with Crippen molar-refractivity contribution in [2.24, 2.45) is 5.92 Å². The Morgan fingerprint density at radius 2 is 1.64 bits per heavy atom. The lowest BCUT2D eigenvalue weighted by Gasteiger charge is -2.31. The number of anilines is 2. The van der Waals surface area contributed by atoms with Gasteiger partial charge in [0.25, 0.3) is 0 Å². The molecule has 0 aromatic heterocycles. The van der Waals surface area contributed by atoms with Gasteiger partial charge in [-0.1, -0.05) is 30.3 Å².